The first-order valence-corrected chi connectivity index (χ1v) is 6.74. The summed E-state index contributed by atoms with van der Waals surface area (Å²) in [5, 5.41) is 2.20. The second kappa shape index (κ2) is 4.14. The van der Waals surface area contributed by atoms with Gasteiger partial charge in [-0.25, -0.2) is 0 Å². The maximum Gasteiger partial charge on any atom is 0.0177 e. The monoisotopic (exact) mass is 258 g/mol. The summed E-state index contributed by atoms with van der Waals surface area (Å²) >= 11 is 5.68. The summed E-state index contributed by atoms with van der Waals surface area (Å²) in [4.78, 5) is 2.35. The third-order valence-corrected chi connectivity index (χ3v) is 5.04. The Balaban J connectivity index is 1.81. The standard InChI is InChI=1S/C11H15BrS/c1-8-6-7-13-11(8)5-4-10(12)9-2-3-9/h6-7,9-10H,2-5H2,1H3. The van der Waals surface area contributed by atoms with Gasteiger partial charge in [0.25, 0.3) is 0 Å². The van der Waals surface area contributed by atoms with Gasteiger partial charge in [0.05, 0.1) is 0 Å². The molecule has 1 atom stereocenters. The molecule has 1 aliphatic rings. The summed E-state index contributed by atoms with van der Waals surface area (Å²) < 4.78 is 0. The van der Waals surface area contributed by atoms with Gasteiger partial charge in [-0.3, -0.25) is 0 Å². The number of aryl methyl sites for hydroxylation is 2. The van der Waals surface area contributed by atoms with Crippen LogP contribution in [-0.4, -0.2) is 4.83 Å². The first-order valence-electron chi connectivity index (χ1n) is 4.94. The van der Waals surface area contributed by atoms with Crippen molar-refractivity contribution >= 4 is 27.3 Å². The zero-order valence-electron chi connectivity index (χ0n) is 7.92. The number of hydrogen-bond acceptors (Lipinski definition) is 1. The van der Waals surface area contributed by atoms with Crippen LogP contribution in [0.2, 0.25) is 0 Å². The molecular formula is C11H15BrS. The van der Waals surface area contributed by atoms with Crippen molar-refractivity contribution in [3.05, 3.63) is 21.9 Å². The molecule has 72 valence electrons. The molecule has 13 heavy (non-hydrogen) atoms. The van der Waals surface area contributed by atoms with E-state index in [2.05, 4.69) is 34.3 Å². The quantitative estimate of drug-likeness (QED) is 0.712. The smallest absolute Gasteiger partial charge is 0.0177 e. The van der Waals surface area contributed by atoms with Gasteiger partial charge in [0.1, 0.15) is 0 Å². The Hall–Kier alpha value is 0.180. The lowest BCUT2D eigenvalue weighted by atomic mass is 10.1. The van der Waals surface area contributed by atoms with Gasteiger partial charge in [0.15, 0.2) is 0 Å². The van der Waals surface area contributed by atoms with Gasteiger partial charge in [-0.2, -0.15) is 0 Å². The lowest BCUT2D eigenvalue weighted by Crippen LogP contribution is -2.01. The van der Waals surface area contributed by atoms with Crippen molar-refractivity contribution in [3.8, 4) is 0 Å². The zero-order chi connectivity index (χ0) is 9.26. The lowest BCUT2D eigenvalue weighted by Gasteiger charge is -2.06. The van der Waals surface area contributed by atoms with Crippen LogP contribution in [0.15, 0.2) is 11.4 Å². The Morgan fingerprint density at radius 1 is 1.62 bits per heavy atom. The van der Waals surface area contributed by atoms with Gasteiger partial charge >= 0.3 is 0 Å². The highest BCUT2D eigenvalue weighted by Gasteiger charge is 2.28. The molecule has 1 aromatic rings. The fourth-order valence-corrected chi connectivity index (χ4v) is 3.31. The van der Waals surface area contributed by atoms with E-state index in [1.165, 1.54) is 31.2 Å². The minimum Gasteiger partial charge on any atom is -0.149 e. The van der Waals surface area contributed by atoms with E-state index >= 15 is 0 Å². The molecule has 0 amide bonds. The maximum atomic E-state index is 3.78. The van der Waals surface area contributed by atoms with Crippen molar-refractivity contribution in [1.82, 2.24) is 0 Å². The third kappa shape index (κ3) is 2.57. The Bertz CT molecular complexity index is 275. The van der Waals surface area contributed by atoms with Crippen LogP contribution in [-0.2, 0) is 6.42 Å². The van der Waals surface area contributed by atoms with Crippen LogP contribution in [0.25, 0.3) is 0 Å². The van der Waals surface area contributed by atoms with Crippen LogP contribution in [0.1, 0.15) is 29.7 Å². The first kappa shape index (κ1) is 9.72. The highest BCUT2D eigenvalue weighted by molar-refractivity contribution is 9.09. The third-order valence-electron chi connectivity index (χ3n) is 2.75. The molecular weight excluding hydrogens is 244 g/mol. The van der Waals surface area contributed by atoms with E-state index in [0.717, 1.165) is 10.7 Å². The first-order chi connectivity index (χ1) is 6.27. The van der Waals surface area contributed by atoms with E-state index in [1.54, 1.807) is 4.88 Å². The molecule has 0 N–H and O–H groups in total. The molecule has 1 aliphatic carbocycles. The van der Waals surface area contributed by atoms with Crippen LogP contribution in [0, 0.1) is 12.8 Å². The van der Waals surface area contributed by atoms with Crippen LogP contribution < -0.4 is 0 Å². The summed E-state index contributed by atoms with van der Waals surface area (Å²) in [5.74, 6) is 0.986. The van der Waals surface area contributed by atoms with E-state index in [0.29, 0.717) is 0 Å². The maximum absolute atomic E-state index is 3.78. The van der Waals surface area contributed by atoms with Gasteiger partial charge < -0.3 is 0 Å². The van der Waals surface area contributed by atoms with Crippen LogP contribution >= 0.6 is 27.3 Å². The summed E-state index contributed by atoms with van der Waals surface area (Å²) in [6, 6.07) is 2.22. The van der Waals surface area contributed by atoms with Crippen molar-refractivity contribution in [2.75, 3.05) is 0 Å². The summed E-state index contributed by atoms with van der Waals surface area (Å²) in [7, 11) is 0. The van der Waals surface area contributed by atoms with E-state index in [9.17, 15) is 0 Å². The van der Waals surface area contributed by atoms with Gasteiger partial charge in [0.2, 0.25) is 0 Å². The van der Waals surface area contributed by atoms with E-state index in [-0.39, 0.29) is 0 Å². The van der Waals surface area contributed by atoms with Gasteiger partial charge in [-0.15, -0.1) is 11.3 Å². The summed E-state index contributed by atoms with van der Waals surface area (Å²) in [6.45, 7) is 2.21. The fraction of sp³-hybridized carbons (Fsp3) is 0.636. The predicted octanol–water partition coefficient (Wildman–Crippen LogP) is 4.16. The van der Waals surface area contributed by atoms with Crippen LogP contribution in [0.5, 0.6) is 0 Å². The summed E-state index contributed by atoms with van der Waals surface area (Å²) in [6.07, 6.45) is 5.46. The van der Waals surface area contributed by atoms with Gasteiger partial charge in [0, 0.05) is 9.70 Å². The Morgan fingerprint density at radius 3 is 2.92 bits per heavy atom. The van der Waals surface area contributed by atoms with E-state index in [4.69, 9.17) is 0 Å². The Labute approximate surface area is 92.5 Å². The molecule has 2 rings (SSSR count). The van der Waals surface area contributed by atoms with Crippen LogP contribution in [0.3, 0.4) is 0 Å². The zero-order valence-corrected chi connectivity index (χ0v) is 10.3. The normalized spacial score (nSPS) is 18.9. The van der Waals surface area contributed by atoms with Crippen molar-refractivity contribution in [2.45, 2.75) is 37.4 Å². The van der Waals surface area contributed by atoms with Crippen molar-refractivity contribution in [3.63, 3.8) is 0 Å². The largest absolute Gasteiger partial charge is 0.149 e. The Kier molecular flexibility index (Phi) is 3.10. The molecule has 2 heteroatoms. The molecule has 0 aromatic carbocycles. The van der Waals surface area contributed by atoms with E-state index in [1.807, 2.05) is 11.3 Å². The molecule has 1 unspecified atom stereocenters. The second-order valence-electron chi connectivity index (χ2n) is 3.92. The predicted molar refractivity (Wildman–Crippen MR) is 62.8 cm³/mol. The highest BCUT2D eigenvalue weighted by Crippen LogP contribution is 2.38. The number of hydrogen-bond donors (Lipinski definition) is 0. The molecule has 0 nitrogen and oxygen atoms in total. The van der Waals surface area contributed by atoms with Crippen LogP contribution in [0.4, 0.5) is 0 Å². The summed E-state index contributed by atoms with van der Waals surface area (Å²) in [5.41, 5.74) is 1.47. The SMILES string of the molecule is Cc1ccsc1CCC(Br)C1CC1. The molecule has 0 radical (unpaired) electrons. The molecule has 1 fully saturated rings. The molecule has 0 saturated heterocycles. The van der Waals surface area contributed by atoms with Gasteiger partial charge in [-0.1, -0.05) is 15.9 Å². The minimum atomic E-state index is 0.772. The van der Waals surface area contributed by atoms with E-state index < -0.39 is 0 Å². The average molecular weight is 259 g/mol. The van der Waals surface area contributed by atoms with Gasteiger partial charge in [-0.05, 0) is 55.5 Å². The fourth-order valence-electron chi connectivity index (χ4n) is 1.62. The topological polar surface area (TPSA) is 0 Å². The highest BCUT2D eigenvalue weighted by atomic mass is 79.9. The van der Waals surface area contributed by atoms with Crippen molar-refractivity contribution in [2.24, 2.45) is 5.92 Å². The molecule has 1 saturated carbocycles. The number of alkyl halides is 1. The second-order valence-corrected chi connectivity index (χ2v) is 6.10. The van der Waals surface area contributed by atoms with Crippen molar-refractivity contribution in [1.29, 1.82) is 0 Å². The average Bonchev–Trinajstić information content (AvgIpc) is 2.88. The Morgan fingerprint density at radius 2 is 2.38 bits per heavy atom. The molecule has 1 heterocycles. The number of thiophene rings is 1. The molecule has 0 aliphatic heterocycles. The minimum absolute atomic E-state index is 0.772. The number of rotatable bonds is 4. The lowest BCUT2D eigenvalue weighted by molar-refractivity contribution is 0.699. The molecule has 0 bridgehead atoms. The molecule has 1 aromatic heterocycles. The van der Waals surface area contributed by atoms with Crippen molar-refractivity contribution < 1.29 is 0 Å². The molecule has 0 spiro atoms. The number of halogens is 1.